The smallest absolute Gasteiger partial charge is 0.286 e. The molecule has 0 radical (unpaired) electrons. The van der Waals surface area contributed by atoms with Crippen molar-refractivity contribution in [3.63, 3.8) is 0 Å². The maximum absolute atomic E-state index is 12.8. The van der Waals surface area contributed by atoms with Crippen LogP contribution in [0.25, 0.3) is 0 Å². The SMILES string of the molecule is COc1cc(C(=O)Nc2nnc(SCC(=O)N3CCCc4ccccc43)s2)c([N+](=O)[O-])cc1OC. The molecule has 2 aromatic carbocycles. The number of hydrogen-bond donors (Lipinski definition) is 1. The Kier molecular flexibility index (Phi) is 7.46. The fraction of sp³-hybridized carbons (Fsp3) is 0.273. The number of aromatic nitrogens is 2. The zero-order valence-corrected chi connectivity index (χ0v) is 20.5. The molecule has 1 aliphatic rings. The zero-order valence-electron chi connectivity index (χ0n) is 18.8. The van der Waals surface area contributed by atoms with Crippen molar-refractivity contribution in [2.24, 2.45) is 0 Å². The molecule has 4 rings (SSSR count). The van der Waals surface area contributed by atoms with Gasteiger partial charge in [-0.05, 0) is 24.5 Å². The van der Waals surface area contributed by atoms with Crippen LogP contribution in [0.1, 0.15) is 22.3 Å². The molecule has 0 saturated heterocycles. The first-order valence-electron chi connectivity index (χ1n) is 10.5. The molecule has 13 heteroatoms. The second-order valence-electron chi connectivity index (χ2n) is 7.38. The van der Waals surface area contributed by atoms with Crippen LogP contribution in [0.4, 0.5) is 16.5 Å². The van der Waals surface area contributed by atoms with E-state index >= 15 is 0 Å². The Bertz CT molecular complexity index is 1280. The van der Waals surface area contributed by atoms with E-state index in [1.807, 2.05) is 24.3 Å². The third kappa shape index (κ3) is 5.35. The molecule has 0 saturated carbocycles. The van der Waals surface area contributed by atoms with Gasteiger partial charge in [-0.1, -0.05) is 41.3 Å². The molecular formula is C22H21N5O6S2. The fourth-order valence-corrected chi connectivity index (χ4v) is 5.30. The van der Waals surface area contributed by atoms with Gasteiger partial charge in [0.2, 0.25) is 11.0 Å². The van der Waals surface area contributed by atoms with E-state index in [9.17, 15) is 19.7 Å². The molecule has 0 aliphatic carbocycles. The summed E-state index contributed by atoms with van der Waals surface area (Å²) in [6.07, 6.45) is 1.86. The van der Waals surface area contributed by atoms with Crippen LogP contribution in [0.3, 0.4) is 0 Å². The van der Waals surface area contributed by atoms with Crippen LogP contribution in [0, 0.1) is 10.1 Å². The van der Waals surface area contributed by atoms with Gasteiger partial charge in [0.1, 0.15) is 5.56 Å². The predicted octanol–water partition coefficient (Wildman–Crippen LogP) is 3.79. The summed E-state index contributed by atoms with van der Waals surface area (Å²) in [6.45, 7) is 0.665. The Morgan fingerprint density at radius 1 is 1.20 bits per heavy atom. The molecule has 0 spiro atoms. The van der Waals surface area contributed by atoms with Gasteiger partial charge in [-0.25, -0.2) is 0 Å². The molecule has 0 atom stereocenters. The molecule has 2 heterocycles. The molecule has 0 unspecified atom stereocenters. The summed E-state index contributed by atoms with van der Waals surface area (Å²) in [5.74, 6) is -0.311. The number of para-hydroxylation sites is 1. The topological polar surface area (TPSA) is 137 Å². The van der Waals surface area contributed by atoms with Crippen LogP contribution in [0.15, 0.2) is 40.7 Å². The maximum atomic E-state index is 12.8. The number of fused-ring (bicyclic) bond motifs is 1. The van der Waals surface area contributed by atoms with E-state index in [0.717, 1.165) is 41.5 Å². The summed E-state index contributed by atoms with van der Waals surface area (Å²) in [5, 5.41) is 22.1. The van der Waals surface area contributed by atoms with E-state index in [0.29, 0.717) is 10.9 Å². The monoisotopic (exact) mass is 515 g/mol. The van der Waals surface area contributed by atoms with Gasteiger partial charge in [0, 0.05) is 18.3 Å². The van der Waals surface area contributed by atoms with Gasteiger partial charge in [0.15, 0.2) is 15.8 Å². The minimum atomic E-state index is -0.744. The number of anilines is 2. The molecule has 1 N–H and O–H groups in total. The van der Waals surface area contributed by atoms with E-state index in [1.54, 1.807) is 4.90 Å². The van der Waals surface area contributed by atoms with Crippen molar-refractivity contribution in [1.29, 1.82) is 0 Å². The molecule has 35 heavy (non-hydrogen) atoms. The lowest BCUT2D eigenvalue weighted by Crippen LogP contribution is -2.36. The Balaban J connectivity index is 1.42. The van der Waals surface area contributed by atoms with Crippen LogP contribution in [-0.2, 0) is 11.2 Å². The van der Waals surface area contributed by atoms with Crippen molar-refractivity contribution in [2.75, 3.05) is 36.7 Å². The molecule has 1 aliphatic heterocycles. The van der Waals surface area contributed by atoms with E-state index in [4.69, 9.17) is 9.47 Å². The first kappa shape index (κ1) is 24.4. The number of amides is 2. The zero-order chi connectivity index (χ0) is 24.9. The van der Waals surface area contributed by atoms with Crippen molar-refractivity contribution < 1.29 is 24.0 Å². The van der Waals surface area contributed by atoms with Crippen molar-refractivity contribution >= 4 is 51.4 Å². The quantitative estimate of drug-likeness (QED) is 0.206. The van der Waals surface area contributed by atoms with Gasteiger partial charge >= 0.3 is 0 Å². The number of nitrogens with zero attached hydrogens (tertiary/aromatic N) is 4. The number of nitro groups is 1. The van der Waals surface area contributed by atoms with Gasteiger partial charge in [-0.15, -0.1) is 10.2 Å². The summed E-state index contributed by atoms with van der Waals surface area (Å²) in [4.78, 5) is 38.2. The summed E-state index contributed by atoms with van der Waals surface area (Å²) in [6, 6.07) is 10.2. The molecule has 2 amide bonds. The molecule has 1 aromatic heterocycles. The van der Waals surface area contributed by atoms with Gasteiger partial charge < -0.3 is 14.4 Å². The number of benzene rings is 2. The molecule has 0 fully saturated rings. The second kappa shape index (κ2) is 10.7. The van der Waals surface area contributed by atoms with Crippen molar-refractivity contribution in [3.05, 3.63) is 57.6 Å². The highest BCUT2D eigenvalue weighted by atomic mass is 32.2. The summed E-state index contributed by atoms with van der Waals surface area (Å²) >= 11 is 2.29. The Labute approximate surface area is 208 Å². The minimum Gasteiger partial charge on any atom is -0.493 e. The van der Waals surface area contributed by atoms with E-state index in [-0.39, 0.29) is 33.9 Å². The van der Waals surface area contributed by atoms with Crippen LogP contribution >= 0.6 is 23.1 Å². The lowest BCUT2D eigenvalue weighted by atomic mass is 10.0. The average molecular weight is 516 g/mol. The first-order chi connectivity index (χ1) is 16.9. The number of thioether (sulfide) groups is 1. The molecule has 0 bridgehead atoms. The van der Waals surface area contributed by atoms with E-state index in [2.05, 4.69) is 15.5 Å². The van der Waals surface area contributed by atoms with Crippen molar-refractivity contribution in [2.45, 2.75) is 17.2 Å². The summed E-state index contributed by atoms with van der Waals surface area (Å²) < 4.78 is 10.7. The maximum Gasteiger partial charge on any atom is 0.286 e. The number of rotatable bonds is 8. The fourth-order valence-electron chi connectivity index (χ4n) is 3.68. The third-order valence-corrected chi connectivity index (χ3v) is 7.26. The largest absolute Gasteiger partial charge is 0.493 e. The number of nitrogens with one attached hydrogen (secondary N) is 1. The molecule has 11 nitrogen and oxygen atoms in total. The number of aryl methyl sites for hydroxylation is 1. The van der Waals surface area contributed by atoms with Gasteiger partial charge in [-0.2, -0.15) is 0 Å². The van der Waals surface area contributed by atoms with Gasteiger partial charge in [0.25, 0.3) is 11.6 Å². The molecular weight excluding hydrogens is 494 g/mol. The van der Waals surface area contributed by atoms with Crippen molar-refractivity contribution in [3.8, 4) is 11.5 Å². The first-order valence-corrected chi connectivity index (χ1v) is 12.3. The van der Waals surface area contributed by atoms with E-state index < -0.39 is 16.5 Å². The third-order valence-electron chi connectivity index (χ3n) is 5.30. The summed E-state index contributed by atoms with van der Waals surface area (Å²) in [5.41, 5.74) is 1.44. The average Bonchev–Trinajstić information content (AvgIpc) is 3.32. The van der Waals surface area contributed by atoms with Gasteiger partial charge in [0.05, 0.1) is 31.0 Å². The number of hydrogen-bond acceptors (Lipinski definition) is 10. The highest BCUT2D eigenvalue weighted by Gasteiger charge is 2.26. The predicted molar refractivity (Wildman–Crippen MR) is 132 cm³/mol. The lowest BCUT2D eigenvalue weighted by Gasteiger charge is -2.29. The minimum absolute atomic E-state index is 0.0381. The normalized spacial score (nSPS) is 12.6. The molecule has 182 valence electrons. The number of nitro benzene ring substituents is 1. The number of methoxy groups -OCH3 is 2. The summed E-state index contributed by atoms with van der Waals surface area (Å²) in [7, 11) is 2.71. The number of ether oxygens (including phenoxy) is 2. The Morgan fingerprint density at radius 3 is 2.69 bits per heavy atom. The Morgan fingerprint density at radius 2 is 1.94 bits per heavy atom. The van der Waals surface area contributed by atoms with Crippen LogP contribution < -0.4 is 19.7 Å². The number of carbonyl (C=O) groups excluding carboxylic acids is 2. The standard InChI is InChI=1S/C22H21N5O6S2/c1-32-17-10-14(16(27(30)31)11-18(17)33-2)20(29)23-21-24-25-22(35-21)34-12-19(28)26-9-5-7-13-6-3-4-8-15(13)26/h3-4,6,8,10-11H,5,7,9,12H2,1-2H3,(H,23,24,29). The van der Waals surface area contributed by atoms with Crippen LogP contribution in [0.2, 0.25) is 0 Å². The van der Waals surface area contributed by atoms with Crippen LogP contribution in [0.5, 0.6) is 11.5 Å². The van der Waals surface area contributed by atoms with Crippen molar-refractivity contribution in [1.82, 2.24) is 10.2 Å². The Hall–Kier alpha value is -3.71. The number of carbonyl (C=O) groups is 2. The van der Waals surface area contributed by atoms with E-state index in [1.165, 1.54) is 32.0 Å². The second-order valence-corrected chi connectivity index (χ2v) is 9.58. The molecule has 3 aromatic rings. The lowest BCUT2D eigenvalue weighted by molar-refractivity contribution is -0.385. The van der Waals surface area contributed by atoms with Crippen LogP contribution in [-0.4, -0.2) is 53.5 Å². The van der Waals surface area contributed by atoms with Gasteiger partial charge in [-0.3, -0.25) is 25.0 Å². The highest BCUT2D eigenvalue weighted by molar-refractivity contribution is 8.01. The highest BCUT2D eigenvalue weighted by Crippen LogP contribution is 2.35.